The summed E-state index contributed by atoms with van der Waals surface area (Å²) in [6.07, 6.45) is 5.57. The van der Waals surface area contributed by atoms with Crippen LogP contribution in [0.4, 0.5) is 5.82 Å². The number of carbonyl (C=O) groups is 1. The number of aromatic nitrogens is 3. The maximum Gasteiger partial charge on any atom is 0.255 e. The highest BCUT2D eigenvalue weighted by atomic mass is 32.1. The van der Waals surface area contributed by atoms with Gasteiger partial charge in [-0.3, -0.25) is 4.79 Å². The summed E-state index contributed by atoms with van der Waals surface area (Å²) in [5.41, 5.74) is 1.50. The van der Waals surface area contributed by atoms with Gasteiger partial charge in [-0.1, -0.05) is 0 Å². The molecular formula is C18H19N5O2S. The Morgan fingerprint density at radius 2 is 2.23 bits per heavy atom. The fourth-order valence-electron chi connectivity index (χ4n) is 3.85. The summed E-state index contributed by atoms with van der Waals surface area (Å²) in [5.74, 6) is 1.06. The molecule has 1 aliphatic heterocycles. The molecule has 0 bridgehead atoms. The van der Waals surface area contributed by atoms with Crippen molar-refractivity contribution < 1.29 is 9.53 Å². The number of carbonyl (C=O) groups excluding carboxylic acids is 1. The van der Waals surface area contributed by atoms with E-state index in [1.54, 1.807) is 13.4 Å². The van der Waals surface area contributed by atoms with Gasteiger partial charge < -0.3 is 19.5 Å². The number of amides is 1. The molecule has 0 radical (unpaired) electrons. The van der Waals surface area contributed by atoms with Crippen molar-refractivity contribution in [3.63, 3.8) is 0 Å². The average Bonchev–Trinajstić information content (AvgIpc) is 3.11. The molecule has 1 spiro atoms. The summed E-state index contributed by atoms with van der Waals surface area (Å²) in [5, 5.41) is 3.69. The Hall–Kier alpha value is -2.61. The molecule has 0 aromatic carbocycles. The van der Waals surface area contributed by atoms with Crippen LogP contribution in [0, 0.1) is 0 Å². The molecule has 1 N–H and O–H groups in total. The minimum Gasteiger partial charge on any atom is -0.487 e. The van der Waals surface area contributed by atoms with Crippen molar-refractivity contribution in [3.05, 3.63) is 35.6 Å². The molecule has 1 saturated heterocycles. The second-order valence-electron chi connectivity index (χ2n) is 6.90. The van der Waals surface area contributed by atoms with Crippen molar-refractivity contribution in [1.29, 1.82) is 0 Å². The molecule has 7 nitrogen and oxygen atoms in total. The van der Waals surface area contributed by atoms with Gasteiger partial charge in [0.1, 0.15) is 17.8 Å². The van der Waals surface area contributed by atoms with E-state index in [0.29, 0.717) is 6.54 Å². The number of rotatable bonds is 3. The third kappa shape index (κ3) is 2.36. The highest BCUT2D eigenvalue weighted by Gasteiger charge is 2.53. The lowest BCUT2D eigenvalue weighted by molar-refractivity contribution is 0.0624. The summed E-state index contributed by atoms with van der Waals surface area (Å²) in [6.45, 7) is 2.29. The summed E-state index contributed by atoms with van der Waals surface area (Å²) in [7, 11) is 1.63. The number of hydrogen-bond donors (Lipinski definition) is 1. The van der Waals surface area contributed by atoms with Gasteiger partial charge in [0.05, 0.1) is 23.6 Å². The van der Waals surface area contributed by atoms with Crippen molar-refractivity contribution in [2.45, 2.75) is 18.4 Å². The van der Waals surface area contributed by atoms with Crippen LogP contribution < -0.4 is 9.64 Å². The quantitative estimate of drug-likeness (QED) is 0.768. The maximum atomic E-state index is 13.0. The molecular weight excluding hydrogens is 350 g/mol. The number of nitrogens with zero attached hydrogens (tertiary/aromatic N) is 4. The van der Waals surface area contributed by atoms with E-state index >= 15 is 0 Å². The molecule has 2 fully saturated rings. The number of thiophene rings is 1. The number of H-pyrrole nitrogens is 1. The Labute approximate surface area is 154 Å². The lowest BCUT2D eigenvalue weighted by Gasteiger charge is -2.42. The highest BCUT2D eigenvalue weighted by molar-refractivity contribution is 7.12. The van der Waals surface area contributed by atoms with E-state index < -0.39 is 0 Å². The van der Waals surface area contributed by atoms with Crippen LogP contribution in [0.5, 0.6) is 5.06 Å². The number of fused-ring (bicyclic) bond motifs is 1. The fourth-order valence-corrected chi connectivity index (χ4v) is 4.55. The number of ether oxygens (including phenoxy) is 1. The summed E-state index contributed by atoms with van der Waals surface area (Å²) < 4.78 is 5.23. The van der Waals surface area contributed by atoms with Crippen LogP contribution in [0.3, 0.4) is 0 Å². The van der Waals surface area contributed by atoms with Gasteiger partial charge in [-0.2, -0.15) is 0 Å². The van der Waals surface area contributed by atoms with Crippen molar-refractivity contribution >= 4 is 34.1 Å². The minimum absolute atomic E-state index is 0.0713. The van der Waals surface area contributed by atoms with Crippen molar-refractivity contribution in [2.24, 2.45) is 0 Å². The van der Waals surface area contributed by atoms with Gasteiger partial charge in [-0.15, -0.1) is 11.3 Å². The number of hydrogen-bond acceptors (Lipinski definition) is 6. The Balaban J connectivity index is 1.41. The van der Waals surface area contributed by atoms with Crippen LogP contribution >= 0.6 is 11.3 Å². The number of piperazine rings is 1. The maximum absolute atomic E-state index is 13.0. The van der Waals surface area contributed by atoms with Gasteiger partial charge in [-0.25, -0.2) is 9.97 Å². The van der Waals surface area contributed by atoms with E-state index in [1.807, 2.05) is 23.7 Å². The van der Waals surface area contributed by atoms with Gasteiger partial charge in [0, 0.05) is 37.3 Å². The molecule has 1 aliphatic carbocycles. The molecule has 134 valence electrons. The number of methoxy groups -OCH3 is 1. The standard InChI is InChI=1S/C18H19N5O2S/c1-25-14-8-12(9-26-14)17(24)23-7-6-22(10-18(23)3-4-18)16-13-2-5-19-15(13)20-11-21-16/h2,5,8-9,11H,3-4,6-7,10H2,1H3,(H,19,20,21). The van der Waals surface area contributed by atoms with Gasteiger partial charge in [0.25, 0.3) is 5.91 Å². The van der Waals surface area contributed by atoms with E-state index in [-0.39, 0.29) is 11.4 Å². The van der Waals surface area contributed by atoms with Crippen molar-refractivity contribution in [1.82, 2.24) is 19.9 Å². The Bertz CT molecular complexity index is 977. The highest BCUT2D eigenvalue weighted by Crippen LogP contribution is 2.46. The molecule has 2 aliphatic rings. The SMILES string of the molecule is COc1cc(C(=O)N2CCN(c3ncnc4[nH]ccc34)CC23CC3)cs1. The molecule has 3 aromatic heterocycles. The van der Waals surface area contributed by atoms with Crippen LogP contribution in [0.25, 0.3) is 11.0 Å². The number of aromatic amines is 1. The van der Waals surface area contributed by atoms with Crippen LogP contribution in [-0.2, 0) is 0 Å². The van der Waals surface area contributed by atoms with Crippen LogP contribution in [-0.4, -0.2) is 58.0 Å². The second kappa shape index (κ2) is 5.70. The minimum atomic E-state index is -0.0713. The topological polar surface area (TPSA) is 74.3 Å². The Morgan fingerprint density at radius 1 is 1.35 bits per heavy atom. The van der Waals surface area contributed by atoms with E-state index in [1.165, 1.54) is 11.3 Å². The Morgan fingerprint density at radius 3 is 3.00 bits per heavy atom. The van der Waals surface area contributed by atoms with Gasteiger partial charge in [0.2, 0.25) is 0 Å². The predicted octanol–water partition coefficient (Wildman–Crippen LogP) is 2.52. The third-order valence-corrected chi connectivity index (χ3v) is 6.27. The van der Waals surface area contributed by atoms with Gasteiger partial charge >= 0.3 is 0 Å². The Kier molecular flexibility index (Phi) is 3.43. The lowest BCUT2D eigenvalue weighted by Crippen LogP contribution is -2.57. The zero-order chi connectivity index (χ0) is 17.7. The van der Waals surface area contributed by atoms with E-state index in [9.17, 15) is 4.79 Å². The lowest BCUT2D eigenvalue weighted by atomic mass is 10.1. The smallest absolute Gasteiger partial charge is 0.255 e. The molecule has 4 heterocycles. The van der Waals surface area contributed by atoms with E-state index in [2.05, 4.69) is 24.8 Å². The molecule has 0 unspecified atom stereocenters. The van der Waals surface area contributed by atoms with Crippen LogP contribution in [0.1, 0.15) is 23.2 Å². The summed E-state index contributed by atoms with van der Waals surface area (Å²) >= 11 is 1.46. The van der Waals surface area contributed by atoms with E-state index in [0.717, 1.165) is 53.4 Å². The largest absolute Gasteiger partial charge is 0.487 e. The van der Waals surface area contributed by atoms with Crippen molar-refractivity contribution in [2.75, 3.05) is 31.6 Å². The normalized spacial score (nSPS) is 18.5. The molecule has 0 atom stereocenters. The fraction of sp³-hybridized carbons (Fsp3) is 0.389. The first-order chi connectivity index (χ1) is 12.7. The molecule has 8 heteroatoms. The van der Waals surface area contributed by atoms with Crippen molar-refractivity contribution in [3.8, 4) is 5.06 Å². The molecule has 3 aromatic rings. The first-order valence-corrected chi connectivity index (χ1v) is 9.56. The summed E-state index contributed by atoms with van der Waals surface area (Å²) in [6, 6.07) is 3.85. The van der Waals surface area contributed by atoms with Crippen LogP contribution in [0.2, 0.25) is 0 Å². The van der Waals surface area contributed by atoms with Gasteiger partial charge in [0.15, 0.2) is 5.06 Å². The molecule has 5 rings (SSSR count). The number of anilines is 1. The third-order valence-electron chi connectivity index (χ3n) is 5.38. The zero-order valence-corrected chi connectivity index (χ0v) is 15.3. The number of nitrogens with one attached hydrogen (secondary N) is 1. The van der Waals surface area contributed by atoms with Crippen LogP contribution in [0.15, 0.2) is 30.0 Å². The zero-order valence-electron chi connectivity index (χ0n) is 14.4. The molecule has 1 saturated carbocycles. The van der Waals surface area contributed by atoms with Gasteiger partial charge in [-0.05, 0) is 18.9 Å². The van der Waals surface area contributed by atoms with E-state index in [4.69, 9.17) is 4.74 Å². The monoisotopic (exact) mass is 369 g/mol. The first-order valence-electron chi connectivity index (χ1n) is 8.68. The second-order valence-corrected chi connectivity index (χ2v) is 7.77. The predicted molar refractivity (Wildman–Crippen MR) is 100.0 cm³/mol. The molecule has 26 heavy (non-hydrogen) atoms. The first kappa shape index (κ1) is 15.6. The average molecular weight is 369 g/mol. The molecule has 1 amide bonds. The summed E-state index contributed by atoms with van der Waals surface area (Å²) in [4.78, 5) is 29.3.